The Morgan fingerprint density at radius 2 is 1.48 bits per heavy atom. The Bertz CT molecular complexity index is 945. The molecule has 0 saturated heterocycles. The van der Waals surface area contributed by atoms with Crippen LogP contribution in [-0.4, -0.2) is 32.7 Å². The summed E-state index contributed by atoms with van der Waals surface area (Å²) in [7, 11) is 0. The van der Waals surface area contributed by atoms with E-state index in [1.54, 1.807) is 0 Å². The van der Waals surface area contributed by atoms with Crippen molar-refractivity contribution in [2.75, 3.05) is 9.80 Å². The maximum atomic E-state index is 15.1. The molecule has 0 N–H and O–H groups in total. The molecule has 1 aliphatic heterocycles. The van der Waals surface area contributed by atoms with E-state index in [0.717, 1.165) is 6.20 Å². The van der Waals surface area contributed by atoms with E-state index >= 15 is 4.39 Å². The maximum absolute atomic E-state index is 15.1. The van der Waals surface area contributed by atoms with Crippen LogP contribution in [0.4, 0.5) is 33.6 Å². The summed E-state index contributed by atoms with van der Waals surface area (Å²) >= 11 is 17.2. The van der Waals surface area contributed by atoms with Crippen LogP contribution in [0.3, 0.4) is 0 Å². The Morgan fingerprint density at radius 3 is 2.15 bits per heavy atom. The topological polar surface area (TPSA) is 58.0 Å². The van der Waals surface area contributed by atoms with Gasteiger partial charge in [-0.25, -0.2) is 4.39 Å². The van der Waals surface area contributed by atoms with E-state index in [0.29, 0.717) is 4.90 Å². The first-order valence-electron chi connectivity index (χ1n) is 6.92. The van der Waals surface area contributed by atoms with Crippen LogP contribution in [-0.2, 0) is 0 Å². The summed E-state index contributed by atoms with van der Waals surface area (Å²) in [5.74, 6) is -2.98. The van der Waals surface area contributed by atoms with Gasteiger partial charge in [-0.3, -0.25) is 9.80 Å². The second kappa shape index (κ2) is 7.21. The molecule has 14 heteroatoms. The van der Waals surface area contributed by atoms with Gasteiger partial charge < -0.3 is 0 Å². The predicted molar refractivity (Wildman–Crippen MR) is 87.5 cm³/mol. The smallest absolute Gasteiger partial charge is 0.283 e. The zero-order chi connectivity index (χ0) is 20.0. The molecule has 0 bridgehead atoms. The molecule has 0 radical (unpaired) electrons. The lowest BCUT2D eigenvalue weighted by Crippen LogP contribution is -2.52. The van der Waals surface area contributed by atoms with Crippen molar-refractivity contribution in [2.24, 2.45) is 0 Å². The van der Waals surface area contributed by atoms with E-state index in [1.807, 2.05) is 0 Å². The SMILES string of the molecule is CC1=CN(c2nc(F)nc(Cl)c2Cl)C(F)N(c2nc(F)nc(F)c2Cl)C1F. The van der Waals surface area contributed by atoms with Gasteiger partial charge in [0.2, 0.25) is 12.2 Å². The molecule has 1 aliphatic rings. The van der Waals surface area contributed by atoms with E-state index < -0.39 is 57.7 Å². The van der Waals surface area contributed by atoms with Crippen LogP contribution in [0.1, 0.15) is 6.92 Å². The Kier molecular flexibility index (Phi) is 5.28. The van der Waals surface area contributed by atoms with E-state index in [9.17, 15) is 17.6 Å². The van der Waals surface area contributed by atoms with Gasteiger partial charge in [-0.15, -0.1) is 0 Å². The molecule has 0 saturated carbocycles. The number of hydrogen-bond acceptors (Lipinski definition) is 6. The van der Waals surface area contributed by atoms with E-state index in [2.05, 4.69) is 19.9 Å². The summed E-state index contributed by atoms with van der Waals surface area (Å²) in [6, 6.07) is 0. The Balaban J connectivity index is 2.16. The largest absolute Gasteiger partial charge is 0.313 e. The highest BCUT2D eigenvalue weighted by atomic mass is 35.5. The predicted octanol–water partition coefficient (Wildman–Crippen LogP) is 4.42. The van der Waals surface area contributed by atoms with Gasteiger partial charge in [-0.05, 0) is 12.5 Å². The number of anilines is 2. The number of rotatable bonds is 2. The molecule has 0 amide bonds. The summed E-state index contributed by atoms with van der Waals surface area (Å²) in [4.78, 5) is 13.2. The molecule has 2 aromatic heterocycles. The summed E-state index contributed by atoms with van der Waals surface area (Å²) in [5.41, 5.74) is -0.161. The molecule has 27 heavy (non-hydrogen) atoms. The molecule has 2 atom stereocenters. The normalized spacial score (nSPS) is 20.1. The number of halogens is 8. The zero-order valence-corrected chi connectivity index (χ0v) is 15.2. The fraction of sp³-hybridized carbons (Fsp3) is 0.231. The van der Waals surface area contributed by atoms with Crippen molar-refractivity contribution < 1.29 is 22.0 Å². The second-order valence-corrected chi connectivity index (χ2v) is 6.29. The highest BCUT2D eigenvalue weighted by Gasteiger charge is 2.40. The third kappa shape index (κ3) is 3.46. The Labute approximate surface area is 163 Å². The quantitative estimate of drug-likeness (QED) is 0.294. The van der Waals surface area contributed by atoms with Crippen molar-refractivity contribution in [3.8, 4) is 0 Å². The van der Waals surface area contributed by atoms with Crippen LogP contribution in [0.15, 0.2) is 11.8 Å². The van der Waals surface area contributed by atoms with Crippen molar-refractivity contribution >= 4 is 46.4 Å². The van der Waals surface area contributed by atoms with Gasteiger partial charge in [-0.1, -0.05) is 34.8 Å². The highest BCUT2D eigenvalue weighted by Crippen LogP contribution is 2.39. The molecule has 2 aromatic rings. The van der Waals surface area contributed by atoms with Crippen molar-refractivity contribution in [3.63, 3.8) is 0 Å². The van der Waals surface area contributed by atoms with Gasteiger partial charge in [0.25, 0.3) is 6.42 Å². The maximum Gasteiger partial charge on any atom is 0.313 e. The van der Waals surface area contributed by atoms with Gasteiger partial charge in [0.05, 0.1) is 0 Å². The number of alkyl halides is 2. The zero-order valence-electron chi connectivity index (χ0n) is 12.9. The first-order valence-corrected chi connectivity index (χ1v) is 8.05. The van der Waals surface area contributed by atoms with Crippen molar-refractivity contribution in [1.29, 1.82) is 0 Å². The van der Waals surface area contributed by atoms with E-state index in [-0.39, 0.29) is 10.5 Å². The van der Waals surface area contributed by atoms with E-state index in [1.165, 1.54) is 6.92 Å². The summed E-state index contributed by atoms with van der Waals surface area (Å²) in [6.45, 7) is 1.23. The Hall–Kier alpha value is -1.98. The molecular formula is C13H6Cl3F5N6. The third-order valence-electron chi connectivity index (χ3n) is 3.44. The average molecular weight is 448 g/mol. The minimum atomic E-state index is -2.53. The molecule has 0 fully saturated rings. The van der Waals surface area contributed by atoms with Crippen molar-refractivity contribution in [3.05, 3.63) is 45.1 Å². The first-order chi connectivity index (χ1) is 12.6. The van der Waals surface area contributed by atoms with Crippen LogP contribution in [0.5, 0.6) is 0 Å². The van der Waals surface area contributed by atoms with Crippen LogP contribution < -0.4 is 9.80 Å². The number of aromatic nitrogens is 4. The molecule has 144 valence electrons. The molecule has 0 aromatic carbocycles. The molecular weight excluding hydrogens is 442 g/mol. The van der Waals surface area contributed by atoms with Crippen LogP contribution in [0, 0.1) is 18.1 Å². The minimum Gasteiger partial charge on any atom is -0.283 e. The summed E-state index contributed by atoms with van der Waals surface area (Å²) < 4.78 is 70.2. The monoisotopic (exact) mass is 446 g/mol. The molecule has 2 unspecified atom stereocenters. The summed E-state index contributed by atoms with van der Waals surface area (Å²) in [6.07, 6.45) is -6.75. The van der Waals surface area contributed by atoms with Gasteiger partial charge in [0.1, 0.15) is 10.0 Å². The van der Waals surface area contributed by atoms with Crippen molar-refractivity contribution in [2.45, 2.75) is 19.6 Å². The van der Waals surface area contributed by atoms with Gasteiger partial charge >= 0.3 is 12.2 Å². The van der Waals surface area contributed by atoms with Crippen LogP contribution in [0.25, 0.3) is 0 Å². The van der Waals surface area contributed by atoms with Crippen LogP contribution >= 0.6 is 34.8 Å². The molecule has 6 nitrogen and oxygen atoms in total. The molecule has 3 rings (SSSR count). The summed E-state index contributed by atoms with van der Waals surface area (Å²) in [5, 5.41) is -1.88. The lowest BCUT2D eigenvalue weighted by atomic mass is 10.2. The second-order valence-electron chi connectivity index (χ2n) is 5.18. The fourth-order valence-corrected chi connectivity index (χ4v) is 2.80. The Morgan fingerprint density at radius 1 is 0.889 bits per heavy atom. The lowest BCUT2D eigenvalue weighted by Gasteiger charge is -2.40. The first kappa shape index (κ1) is 19.8. The van der Waals surface area contributed by atoms with Gasteiger partial charge in [0, 0.05) is 6.20 Å². The molecule has 3 heterocycles. The lowest BCUT2D eigenvalue weighted by molar-refractivity contribution is 0.228. The standard InChI is InChI=1S/C13H6Cl3F5N6/c1-3-2-26(9-4(14)6(16)22-11(19)24-9)13(21)27(8(3)18)10-5(15)7(17)23-12(20)25-10/h2,8,13H,1H3. The van der Waals surface area contributed by atoms with Crippen molar-refractivity contribution in [1.82, 2.24) is 19.9 Å². The molecule has 0 aliphatic carbocycles. The third-order valence-corrected chi connectivity index (χ3v) is 4.49. The average Bonchev–Trinajstić information content (AvgIpc) is 2.58. The number of nitrogens with zero attached hydrogens (tertiary/aromatic N) is 6. The van der Waals surface area contributed by atoms with E-state index in [4.69, 9.17) is 34.8 Å². The minimum absolute atomic E-state index is 0.161. The number of hydrogen-bond donors (Lipinski definition) is 0. The highest BCUT2D eigenvalue weighted by molar-refractivity contribution is 6.42. The van der Waals surface area contributed by atoms with Gasteiger partial charge in [0.15, 0.2) is 16.8 Å². The van der Waals surface area contributed by atoms with Crippen LogP contribution in [0.2, 0.25) is 15.2 Å². The van der Waals surface area contributed by atoms with Gasteiger partial charge in [-0.2, -0.15) is 37.5 Å². The fourth-order valence-electron chi connectivity index (χ4n) is 2.28. The molecule has 0 spiro atoms.